The summed E-state index contributed by atoms with van der Waals surface area (Å²) < 4.78 is 23.7. The van der Waals surface area contributed by atoms with Crippen LogP contribution in [0.25, 0.3) is 0 Å². The standard InChI is InChI=1S/C14H30N2O2S/c1-5-15-13(4)14-7-6-8-16(11-14)9-10-19(17,18)12(2)3/h12-15H,5-11H2,1-4H3. The number of nitrogens with one attached hydrogen (secondary N) is 1. The molecule has 1 N–H and O–H groups in total. The predicted octanol–water partition coefficient (Wildman–Crippen LogP) is 1.52. The van der Waals surface area contributed by atoms with Gasteiger partial charge in [0.25, 0.3) is 0 Å². The number of rotatable bonds is 7. The second-order valence-corrected chi connectivity index (χ2v) is 8.64. The number of hydrogen-bond acceptors (Lipinski definition) is 4. The van der Waals surface area contributed by atoms with E-state index < -0.39 is 9.84 Å². The van der Waals surface area contributed by atoms with Gasteiger partial charge in [-0.2, -0.15) is 0 Å². The third-order valence-electron chi connectivity index (χ3n) is 4.19. The minimum Gasteiger partial charge on any atom is -0.314 e. The third-order valence-corrected chi connectivity index (χ3v) is 6.37. The highest BCUT2D eigenvalue weighted by Gasteiger charge is 2.25. The molecule has 4 nitrogen and oxygen atoms in total. The van der Waals surface area contributed by atoms with Gasteiger partial charge in [-0.15, -0.1) is 0 Å². The van der Waals surface area contributed by atoms with Gasteiger partial charge in [-0.3, -0.25) is 0 Å². The van der Waals surface area contributed by atoms with Crippen LogP contribution in [0.5, 0.6) is 0 Å². The van der Waals surface area contributed by atoms with E-state index in [1.807, 2.05) is 0 Å². The Balaban J connectivity index is 2.43. The maximum atomic E-state index is 11.9. The maximum absolute atomic E-state index is 11.9. The highest BCUT2D eigenvalue weighted by molar-refractivity contribution is 7.92. The van der Waals surface area contributed by atoms with Crippen molar-refractivity contribution in [3.05, 3.63) is 0 Å². The quantitative estimate of drug-likeness (QED) is 0.772. The molecule has 0 aromatic heterocycles. The average molecular weight is 290 g/mol. The summed E-state index contributed by atoms with van der Waals surface area (Å²) >= 11 is 0. The first-order chi connectivity index (χ1) is 8.86. The van der Waals surface area contributed by atoms with Crippen LogP contribution in [-0.2, 0) is 9.84 Å². The molecule has 0 aromatic carbocycles. The van der Waals surface area contributed by atoms with E-state index in [1.54, 1.807) is 13.8 Å². The Bertz CT molecular complexity index is 354. The summed E-state index contributed by atoms with van der Waals surface area (Å²) in [5.41, 5.74) is 0. The Morgan fingerprint density at radius 2 is 2.00 bits per heavy atom. The van der Waals surface area contributed by atoms with Gasteiger partial charge >= 0.3 is 0 Å². The zero-order valence-electron chi connectivity index (χ0n) is 12.9. The highest BCUT2D eigenvalue weighted by atomic mass is 32.2. The number of nitrogens with zero attached hydrogens (tertiary/aromatic N) is 1. The Hall–Kier alpha value is -0.130. The van der Waals surface area contributed by atoms with E-state index in [9.17, 15) is 8.42 Å². The summed E-state index contributed by atoms with van der Waals surface area (Å²) in [5, 5.41) is 3.23. The Labute approximate surface area is 118 Å². The molecule has 19 heavy (non-hydrogen) atoms. The first-order valence-electron chi connectivity index (χ1n) is 7.54. The smallest absolute Gasteiger partial charge is 0.153 e. The number of hydrogen-bond donors (Lipinski definition) is 1. The average Bonchev–Trinajstić information content (AvgIpc) is 2.37. The van der Waals surface area contributed by atoms with E-state index in [0.29, 0.717) is 24.3 Å². The van der Waals surface area contributed by atoms with Gasteiger partial charge in [0.1, 0.15) is 0 Å². The molecule has 1 aliphatic heterocycles. The molecule has 0 radical (unpaired) electrons. The molecule has 1 saturated heterocycles. The van der Waals surface area contributed by atoms with Gasteiger partial charge in [0.05, 0.1) is 11.0 Å². The molecule has 2 atom stereocenters. The number of likely N-dealkylation sites (tertiary alicyclic amines) is 1. The molecule has 5 heteroatoms. The van der Waals surface area contributed by atoms with Crippen LogP contribution in [0, 0.1) is 5.92 Å². The number of sulfone groups is 1. The third kappa shape index (κ3) is 5.40. The molecule has 0 saturated carbocycles. The molecule has 1 aliphatic rings. The van der Waals surface area contributed by atoms with Crippen molar-refractivity contribution in [1.82, 2.24) is 10.2 Å². The lowest BCUT2D eigenvalue weighted by molar-refractivity contribution is 0.158. The van der Waals surface area contributed by atoms with Crippen molar-refractivity contribution < 1.29 is 8.42 Å². The highest BCUT2D eigenvalue weighted by Crippen LogP contribution is 2.19. The second kappa shape index (κ2) is 7.60. The summed E-state index contributed by atoms with van der Waals surface area (Å²) in [5.74, 6) is 0.947. The fourth-order valence-electron chi connectivity index (χ4n) is 2.68. The van der Waals surface area contributed by atoms with Crippen molar-refractivity contribution in [3.8, 4) is 0 Å². The minimum absolute atomic E-state index is 0.256. The fraction of sp³-hybridized carbons (Fsp3) is 1.00. The van der Waals surface area contributed by atoms with Gasteiger partial charge < -0.3 is 10.2 Å². The largest absolute Gasteiger partial charge is 0.314 e. The zero-order valence-corrected chi connectivity index (χ0v) is 13.7. The number of piperidine rings is 1. The minimum atomic E-state index is -2.90. The fourth-order valence-corrected chi connectivity index (χ4v) is 3.67. The second-order valence-electron chi connectivity index (χ2n) is 5.97. The van der Waals surface area contributed by atoms with E-state index in [-0.39, 0.29) is 5.25 Å². The predicted molar refractivity (Wildman–Crippen MR) is 81.2 cm³/mol. The van der Waals surface area contributed by atoms with Crippen LogP contribution >= 0.6 is 0 Å². The molecular formula is C14H30N2O2S. The SMILES string of the molecule is CCNC(C)C1CCCN(CCS(=O)(=O)C(C)C)C1. The lowest BCUT2D eigenvalue weighted by atomic mass is 9.91. The van der Waals surface area contributed by atoms with E-state index in [1.165, 1.54) is 12.8 Å². The van der Waals surface area contributed by atoms with Crippen molar-refractivity contribution in [1.29, 1.82) is 0 Å². The van der Waals surface area contributed by atoms with Gasteiger partial charge in [-0.1, -0.05) is 6.92 Å². The van der Waals surface area contributed by atoms with Gasteiger partial charge in [-0.25, -0.2) is 8.42 Å². The van der Waals surface area contributed by atoms with E-state index in [2.05, 4.69) is 24.1 Å². The summed E-state index contributed by atoms with van der Waals surface area (Å²) in [7, 11) is -2.90. The molecule has 0 bridgehead atoms. The molecule has 0 aliphatic carbocycles. The molecule has 1 rings (SSSR count). The molecule has 0 amide bonds. The lowest BCUT2D eigenvalue weighted by Gasteiger charge is -2.36. The monoisotopic (exact) mass is 290 g/mol. The van der Waals surface area contributed by atoms with Gasteiger partial charge in [0, 0.05) is 19.1 Å². The first-order valence-corrected chi connectivity index (χ1v) is 9.25. The molecular weight excluding hydrogens is 260 g/mol. The Morgan fingerprint density at radius 3 is 2.58 bits per heavy atom. The topological polar surface area (TPSA) is 49.4 Å². The van der Waals surface area contributed by atoms with Gasteiger partial charge in [0.15, 0.2) is 9.84 Å². The Kier molecular flexibility index (Phi) is 6.77. The molecule has 1 heterocycles. The van der Waals surface area contributed by atoms with Crippen LogP contribution in [0.2, 0.25) is 0 Å². The van der Waals surface area contributed by atoms with E-state index >= 15 is 0 Å². The molecule has 114 valence electrons. The van der Waals surface area contributed by atoms with Crippen molar-refractivity contribution in [3.63, 3.8) is 0 Å². The lowest BCUT2D eigenvalue weighted by Crippen LogP contribution is -2.45. The van der Waals surface area contributed by atoms with Gasteiger partial charge in [0.2, 0.25) is 0 Å². The normalized spacial score (nSPS) is 23.7. The van der Waals surface area contributed by atoms with Crippen LogP contribution in [0.15, 0.2) is 0 Å². The summed E-state index contributed by atoms with van der Waals surface area (Å²) in [6.45, 7) is 11.7. The van der Waals surface area contributed by atoms with Crippen LogP contribution in [-0.4, -0.2) is 56.5 Å². The van der Waals surface area contributed by atoms with Crippen molar-refractivity contribution in [2.24, 2.45) is 5.92 Å². The molecule has 0 aromatic rings. The van der Waals surface area contributed by atoms with E-state index in [0.717, 1.165) is 19.6 Å². The van der Waals surface area contributed by atoms with Crippen molar-refractivity contribution in [2.75, 3.05) is 31.9 Å². The van der Waals surface area contributed by atoms with Crippen LogP contribution < -0.4 is 5.32 Å². The van der Waals surface area contributed by atoms with E-state index in [4.69, 9.17) is 0 Å². The van der Waals surface area contributed by atoms with Gasteiger partial charge in [-0.05, 0) is 52.6 Å². The summed E-state index contributed by atoms with van der Waals surface area (Å²) in [6.07, 6.45) is 2.43. The van der Waals surface area contributed by atoms with Crippen LogP contribution in [0.1, 0.15) is 40.5 Å². The van der Waals surface area contributed by atoms with Crippen molar-refractivity contribution in [2.45, 2.75) is 51.8 Å². The molecule has 0 spiro atoms. The van der Waals surface area contributed by atoms with Crippen molar-refractivity contribution >= 4 is 9.84 Å². The summed E-state index contributed by atoms with van der Waals surface area (Å²) in [6, 6.07) is 0.523. The maximum Gasteiger partial charge on any atom is 0.153 e. The van der Waals surface area contributed by atoms with Crippen LogP contribution in [0.3, 0.4) is 0 Å². The molecule has 2 unspecified atom stereocenters. The summed E-state index contributed by atoms with van der Waals surface area (Å²) in [4.78, 5) is 2.32. The molecule has 1 fully saturated rings. The zero-order chi connectivity index (χ0) is 14.5. The first kappa shape index (κ1) is 16.9. The Morgan fingerprint density at radius 1 is 1.32 bits per heavy atom. The van der Waals surface area contributed by atoms with Crippen LogP contribution in [0.4, 0.5) is 0 Å².